The van der Waals surface area contributed by atoms with Crippen LogP contribution in [0.1, 0.15) is 35.8 Å². The van der Waals surface area contributed by atoms with Crippen molar-refractivity contribution in [2.75, 3.05) is 0 Å². The molecule has 2 aromatic rings. The van der Waals surface area contributed by atoms with Crippen LogP contribution < -0.4 is 5.56 Å². The summed E-state index contributed by atoms with van der Waals surface area (Å²) in [5, 5.41) is 0.337. The van der Waals surface area contributed by atoms with Gasteiger partial charge in [-0.3, -0.25) is 4.79 Å². The lowest BCUT2D eigenvalue weighted by Crippen LogP contribution is -2.15. The Morgan fingerprint density at radius 3 is 2.85 bits per heavy atom. The SMILES string of the molecule is O=c1[nH]c(Cc2ccc(F)cc2Cl)nc(C2CC2)c1Br. The molecule has 0 bridgehead atoms. The Hall–Kier alpha value is -1.20. The van der Waals surface area contributed by atoms with Crippen molar-refractivity contribution in [3.05, 3.63) is 60.9 Å². The van der Waals surface area contributed by atoms with Crippen LogP contribution in [0.5, 0.6) is 0 Å². The average molecular weight is 358 g/mol. The number of halogens is 3. The normalized spacial score (nSPS) is 14.6. The molecule has 0 spiro atoms. The van der Waals surface area contributed by atoms with Gasteiger partial charge in [0, 0.05) is 17.4 Å². The van der Waals surface area contributed by atoms with Gasteiger partial charge in [-0.1, -0.05) is 17.7 Å². The summed E-state index contributed by atoms with van der Waals surface area (Å²) in [5.74, 6) is 0.539. The zero-order chi connectivity index (χ0) is 14.3. The summed E-state index contributed by atoms with van der Waals surface area (Å²) in [7, 11) is 0. The Kier molecular flexibility index (Phi) is 3.65. The summed E-state index contributed by atoms with van der Waals surface area (Å²) >= 11 is 9.28. The van der Waals surface area contributed by atoms with Gasteiger partial charge in [0.05, 0.1) is 5.69 Å². The maximum atomic E-state index is 13.0. The molecule has 1 aromatic carbocycles. The number of hydrogen-bond donors (Lipinski definition) is 1. The summed E-state index contributed by atoms with van der Waals surface area (Å²) in [5.41, 5.74) is 1.36. The molecule has 0 radical (unpaired) electrons. The van der Waals surface area contributed by atoms with E-state index in [1.165, 1.54) is 12.1 Å². The quantitative estimate of drug-likeness (QED) is 0.908. The lowest BCUT2D eigenvalue weighted by atomic mass is 10.1. The predicted molar refractivity (Wildman–Crippen MR) is 78.7 cm³/mol. The predicted octanol–water partition coefficient (Wildman–Crippen LogP) is 3.79. The molecule has 0 aliphatic heterocycles. The van der Waals surface area contributed by atoms with Crippen molar-refractivity contribution in [3.8, 4) is 0 Å². The van der Waals surface area contributed by atoms with E-state index in [2.05, 4.69) is 25.9 Å². The van der Waals surface area contributed by atoms with Gasteiger partial charge in [-0.15, -0.1) is 0 Å². The molecule has 6 heteroatoms. The van der Waals surface area contributed by atoms with Gasteiger partial charge in [0.15, 0.2) is 0 Å². The number of aromatic amines is 1. The van der Waals surface area contributed by atoms with Gasteiger partial charge >= 0.3 is 0 Å². The lowest BCUT2D eigenvalue weighted by molar-refractivity contribution is 0.627. The smallest absolute Gasteiger partial charge is 0.265 e. The Balaban J connectivity index is 1.96. The molecule has 0 amide bonds. The second-order valence-electron chi connectivity index (χ2n) is 4.90. The Labute approximate surface area is 128 Å². The number of benzene rings is 1. The summed E-state index contributed by atoms with van der Waals surface area (Å²) < 4.78 is 13.5. The molecular weight excluding hydrogens is 347 g/mol. The molecule has 0 saturated heterocycles. The molecule has 1 aliphatic rings. The molecule has 1 N–H and O–H groups in total. The van der Waals surface area contributed by atoms with Crippen molar-refractivity contribution in [2.24, 2.45) is 0 Å². The average Bonchev–Trinajstić information content (AvgIpc) is 3.21. The zero-order valence-corrected chi connectivity index (χ0v) is 12.8. The lowest BCUT2D eigenvalue weighted by Gasteiger charge is -2.07. The van der Waals surface area contributed by atoms with Crippen LogP contribution >= 0.6 is 27.5 Å². The number of H-pyrrole nitrogens is 1. The third kappa shape index (κ3) is 2.79. The van der Waals surface area contributed by atoms with Gasteiger partial charge < -0.3 is 4.98 Å². The minimum absolute atomic E-state index is 0.185. The highest BCUT2D eigenvalue weighted by molar-refractivity contribution is 9.10. The fourth-order valence-corrected chi connectivity index (χ4v) is 2.83. The van der Waals surface area contributed by atoms with Crippen molar-refractivity contribution in [1.29, 1.82) is 0 Å². The second kappa shape index (κ2) is 5.30. The number of aromatic nitrogens is 2. The molecule has 3 rings (SSSR count). The molecule has 1 heterocycles. The van der Waals surface area contributed by atoms with E-state index in [0.29, 0.717) is 27.7 Å². The van der Waals surface area contributed by atoms with Crippen molar-refractivity contribution in [3.63, 3.8) is 0 Å². The van der Waals surface area contributed by atoms with Crippen LogP contribution in [0.15, 0.2) is 27.5 Å². The van der Waals surface area contributed by atoms with Crippen LogP contribution in [-0.4, -0.2) is 9.97 Å². The summed E-state index contributed by atoms with van der Waals surface area (Å²) in [6.07, 6.45) is 2.50. The van der Waals surface area contributed by atoms with Crippen LogP contribution in [0.2, 0.25) is 5.02 Å². The van der Waals surface area contributed by atoms with E-state index in [1.807, 2.05) is 0 Å². The second-order valence-corrected chi connectivity index (χ2v) is 6.10. The highest BCUT2D eigenvalue weighted by Crippen LogP contribution is 2.41. The van der Waals surface area contributed by atoms with Gasteiger partial charge in [-0.05, 0) is 46.5 Å². The number of nitrogens with zero attached hydrogens (tertiary/aromatic N) is 1. The van der Waals surface area contributed by atoms with Crippen molar-refractivity contribution in [1.82, 2.24) is 9.97 Å². The molecule has 104 valence electrons. The van der Waals surface area contributed by atoms with Gasteiger partial charge in [0.25, 0.3) is 5.56 Å². The van der Waals surface area contributed by atoms with Crippen LogP contribution in [-0.2, 0) is 6.42 Å². The van der Waals surface area contributed by atoms with Crippen molar-refractivity contribution < 1.29 is 4.39 Å². The van der Waals surface area contributed by atoms with Crippen LogP contribution in [0.25, 0.3) is 0 Å². The molecule has 0 atom stereocenters. The maximum absolute atomic E-state index is 13.0. The summed E-state index contributed by atoms with van der Waals surface area (Å²) in [6.45, 7) is 0. The van der Waals surface area contributed by atoms with Crippen molar-refractivity contribution >= 4 is 27.5 Å². The van der Waals surface area contributed by atoms with Crippen LogP contribution in [0.3, 0.4) is 0 Å². The monoisotopic (exact) mass is 356 g/mol. The largest absolute Gasteiger partial charge is 0.309 e. The standard InChI is InChI=1S/C14H11BrClFN2O/c15-12-13(7-1-2-7)18-11(19-14(12)20)5-8-3-4-9(17)6-10(8)16/h3-4,6-7H,1-2,5H2,(H,18,19,20). The van der Waals surface area contributed by atoms with E-state index in [1.54, 1.807) is 6.07 Å². The molecular formula is C14H11BrClFN2O. The van der Waals surface area contributed by atoms with E-state index in [4.69, 9.17) is 11.6 Å². The van der Waals surface area contributed by atoms with E-state index >= 15 is 0 Å². The number of nitrogens with one attached hydrogen (secondary N) is 1. The highest BCUT2D eigenvalue weighted by Gasteiger charge is 2.28. The van der Waals surface area contributed by atoms with Crippen molar-refractivity contribution in [2.45, 2.75) is 25.2 Å². The zero-order valence-electron chi connectivity index (χ0n) is 10.4. The Morgan fingerprint density at radius 2 is 2.20 bits per heavy atom. The molecule has 0 unspecified atom stereocenters. The fraction of sp³-hybridized carbons (Fsp3) is 0.286. The first kappa shape index (κ1) is 13.8. The third-order valence-electron chi connectivity index (χ3n) is 3.27. The number of hydrogen-bond acceptors (Lipinski definition) is 2. The van der Waals surface area contributed by atoms with Gasteiger partial charge in [-0.25, -0.2) is 9.37 Å². The molecule has 3 nitrogen and oxygen atoms in total. The van der Waals surface area contributed by atoms with E-state index in [-0.39, 0.29) is 11.4 Å². The van der Waals surface area contributed by atoms with Gasteiger partial charge in [-0.2, -0.15) is 0 Å². The first-order chi connectivity index (χ1) is 9.54. The topological polar surface area (TPSA) is 45.8 Å². The molecule has 1 aromatic heterocycles. The van der Waals surface area contributed by atoms with Crippen LogP contribution in [0.4, 0.5) is 4.39 Å². The minimum Gasteiger partial charge on any atom is -0.309 e. The molecule has 1 saturated carbocycles. The number of rotatable bonds is 3. The minimum atomic E-state index is -0.380. The van der Waals surface area contributed by atoms with Gasteiger partial charge in [0.1, 0.15) is 16.1 Å². The molecule has 20 heavy (non-hydrogen) atoms. The summed E-state index contributed by atoms with van der Waals surface area (Å²) in [6, 6.07) is 4.21. The molecule has 1 aliphatic carbocycles. The van der Waals surface area contributed by atoms with Gasteiger partial charge in [0.2, 0.25) is 0 Å². The first-order valence-corrected chi connectivity index (χ1v) is 7.44. The van der Waals surface area contributed by atoms with E-state index in [9.17, 15) is 9.18 Å². The maximum Gasteiger partial charge on any atom is 0.265 e. The Bertz CT molecular complexity index is 728. The van der Waals surface area contributed by atoms with Crippen LogP contribution in [0, 0.1) is 5.82 Å². The Morgan fingerprint density at radius 1 is 1.45 bits per heavy atom. The third-order valence-corrected chi connectivity index (χ3v) is 4.39. The van der Waals surface area contributed by atoms with E-state index < -0.39 is 0 Å². The first-order valence-electron chi connectivity index (χ1n) is 6.27. The fourth-order valence-electron chi connectivity index (χ4n) is 2.08. The highest BCUT2D eigenvalue weighted by atomic mass is 79.9. The van der Waals surface area contributed by atoms with E-state index in [0.717, 1.165) is 24.1 Å². The summed E-state index contributed by atoms with van der Waals surface area (Å²) in [4.78, 5) is 19.1. The molecule has 1 fully saturated rings.